The summed E-state index contributed by atoms with van der Waals surface area (Å²) in [5.41, 5.74) is 0.869. The highest BCUT2D eigenvalue weighted by Gasteiger charge is 2.34. The number of nitrogens with one attached hydrogen (secondary N) is 2. The van der Waals surface area contributed by atoms with E-state index in [1.54, 1.807) is 42.7 Å². The van der Waals surface area contributed by atoms with Crippen LogP contribution in [0.4, 0.5) is 0 Å². The number of nitrogens with zero attached hydrogens (tertiary/aromatic N) is 1. The number of furan rings is 1. The predicted molar refractivity (Wildman–Crippen MR) is 121 cm³/mol. The van der Waals surface area contributed by atoms with Crippen LogP contribution in [0.1, 0.15) is 43.4 Å². The van der Waals surface area contributed by atoms with Gasteiger partial charge in [-0.1, -0.05) is 25.0 Å². The van der Waals surface area contributed by atoms with E-state index in [9.17, 15) is 18.0 Å². The molecule has 33 heavy (non-hydrogen) atoms. The largest absolute Gasteiger partial charge is 0.467 e. The summed E-state index contributed by atoms with van der Waals surface area (Å²) in [5, 5.41) is 14.0. The number of nitriles is 1. The summed E-state index contributed by atoms with van der Waals surface area (Å²) in [5.74, 6) is -0.411. The number of rotatable bonds is 10. The van der Waals surface area contributed by atoms with Gasteiger partial charge in [0, 0.05) is 12.3 Å². The first-order chi connectivity index (χ1) is 15.9. The average molecular weight is 472 g/mol. The van der Waals surface area contributed by atoms with Crippen molar-refractivity contribution in [3.05, 3.63) is 54.0 Å². The van der Waals surface area contributed by atoms with Gasteiger partial charge < -0.3 is 15.1 Å². The smallest absolute Gasteiger partial charge is 0.224 e. The highest BCUT2D eigenvalue weighted by molar-refractivity contribution is 7.91. The second kappa shape index (κ2) is 11.7. The minimum absolute atomic E-state index is 0.0723. The van der Waals surface area contributed by atoms with E-state index in [-0.39, 0.29) is 47.3 Å². The maximum absolute atomic E-state index is 13.0. The Labute approximate surface area is 194 Å². The van der Waals surface area contributed by atoms with E-state index in [0.29, 0.717) is 31.6 Å². The molecular weight excluding hydrogens is 442 g/mol. The van der Waals surface area contributed by atoms with Crippen molar-refractivity contribution in [1.29, 1.82) is 5.26 Å². The predicted octanol–water partition coefficient (Wildman–Crippen LogP) is 2.75. The fraction of sp³-hybridized carbons (Fsp3) is 0.458. The Kier molecular flexibility index (Phi) is 8.66. The zero-order valence-corrected chi connectivity index (χ0v) is 19.3. The zero-order valence-electron chi connectivity index (χ0n) is 18.5. The van der Waals surface area contributed by atoms with Crippen molar-refractivity contribution in [3.63, 3.8) is 0 Å². The molecule has 1 aliphatic carbocycles. The lowest BCUT2D eigenvalue weighted by Gasteiger charge is -2.30. The van der Waals surface area contributed by atoms with Crippen LogP contribution in [0.15, 0.2) is 52.0 Å². The fourth-order valence-electron chi connectivity index (χ4n) is 4.20. The van der Waals surface area contributed by atoms with E-state index in [2.05, 4.69) is 10.6 Å². The third kappa shape index (κ3) is 7.19. The van der Waals surface area contributed by atoms with Crippen LogP contribution < -0.4 is 10.6 Å². The van der Waals surface area contributed by atoms with Crippen LogP contribution in [0, 0.1) is 23.2 Å². The van der Waals surface area contributed by atoms with Gasteiger partial charge in [0.1, 0.15) is 12.3 Å². The van der Waals surface area contributed by atoms with E-state index < -0.39 is 9.84 Å². The molecule has 2 unspecified atom stereocenters. The Balaban J connectivity index is 1.54. The molecule has 1 aromatic carbocycles. The van der Waals surface area contributed by atoms with Gasteiger partial charge >= 0.3 is 0 Å². The Morgan fingerprint density at radius 3 is 2.55 bits per heavy atom. The minimum Gasteiger partial charge on any atom is -0.467 e. The van der Waals surface area contributed by atoms with Gasteiger partial charge in [-0.25, -0.2) is 8.42 Å². The first-order valence-corrected chi connectivity index (χ1v) is 12.8. The van der Waals surface area contributed by atoms with E-state index in [1.165, 1.54) is 0 Å². The average Bonchev–Trinajstić information content (AvgIpc) is 3.34. The number of aryl methyl sites for hydroxylation is 1. The first kappa shape index (κ1) is 24.5. The van der Waals surface area contributed by atoms with Gasteiger partial charge in [0.2, 0.25) is 11.8 Å². The molecule has 176 valence electrons. The van der Waals surface area contributed by atoms with Gasteiger partial charge in [-0.05, 0) is 55.0 Å². The van der Waals surface area contributed by atoms with Crippen LogP contribution in [-0.4, -0.2) is 32.5 Å². The Morgan fingerprint density at radius 1 is 1.09 bits per heavy atom. The third-order valence-electron chi connectivity index (χ3n) is 5.98. The summed E-state index contributed by atoms with van der Waals surface area (Å²) in [6, 6.07) is 12.0. The lowest BCUT2D eigenvalue weighted by atomic mass is 9.80. The van der Waals surface area contributed by atoms with E-state index in [0.717, 1.165) is 18.4 Å². The molecule has 2 atom stereocenters. The molecule has 2 N–H and O–H groups in total. The molecule has 0 radical (unpaired) electrons. The van der Waals surface area contributed by atoms with E-state index in [1.807, 2.05) is 6.07 Å². The molecule has 0 spiro atoms. The molecule has 1 heterocycles. The summed E-state index contributed by atoms with van der Waals surface area (Å²) in [6.07, 6.45) is 5.42. The number of carbonyl (C=O) groups excluding carboxylic acids is 2. The quantitative estimate of drug-likeness (QED) is 0.513. The van der Waals surface area contributed by atoms with Crippen molar-refractivity contribution in [3.8, 4) is 6.07 Å². The topological polar surface area (TPSA) is 129 Å². The van der Waals surface area contributed by atoms with Crippen LogP contribution in [0.5, 0.6) is 0 Å². The van der Waals surface area contributed by atoms with Crippen molar-refractivity contribution >= 4 is 21.7 Å². The van der Waals surface area contributed by atoms with Crippen molar-refractivity contribution in [1.82, 2.24) is 10.6 Å². The van der Waals surface area contributed by atoms with E-state index >= 15 is 0 Å². The number of sulfone groups is 1. The van der Waals surface area contributed by atoms with Gasteiger partial charge in [0.25, 0.3) is 0 Å². The molecule has 2 amide bonds. The standard InChI is InChI=1S/C24H29N3O5S/c25-13-14-26-24(29)22-6-2-1-4-19(22)17-33(30,31)21-10-7-18(8-11-21)9-12-23(28)27-16-20-5-3-15-32-20/h3,5,7-8,10-11,15,19,22H,1-2,4,6,9,12,14,16-17H2,(H,26,29)(H,27,28). The molecule has 1 saturated carbocycles. The summed E-state index contributed by atoms with van der Waals surface area (Å²) in [7, 11) is -3.56. The second-order valence-corrected chi connectivity index (χ2v) is 10.3. The molecule has 1 aliphatic rings. The second-order valence-electron chi connectivity index (χ2n) is 8.31. The Bertz CT molecular complexity index is 1070. The molecular formula is C24H29N3O5S. The Hall–Kier alpha value is -3.12. The van der Waals surface area contributed by atoms with Crippen molar-refractivity contribution < 1.29 is 22.4 Å². The van der Waals surface area contributed by atoms with Gasteiger partial charge in [-0.2, -0.15) is 5.26 Å². The molecule has 0 saturated heterocycles. The van der Waals surface area contributed by atoms with Gasteiger partial charge in [0.05, 0.1) is 29.5 Å². The van der Waals surface area contributed by atoms with Crippen LogP contribution in [-0.2, 0) is 32.4 Å². The zero-order chi connectivity index (χ0) is 23.7. The minimum atomic E-state index is -3.56. The lowest BCUT2D eigenvalue weighted by molar-refractivity contribution is -0.127. The summed E-state index contributed by atoms with van der Waals surface area (Å²) < 4.78 is 31.2. The normalized spacial score (nSPS) is 18.3. The monoisotopic (exact) mass is 471 g/mol. The van der Waals surface area contributed by atoms with Crippen LogP contribution in [0.25, 0.3) is 0 Å². The molecule has 3 rings (SSSR count). The Morgan fingerprint density at radius 2 is 1.85 bits per heavy atom. The molecule has 2 aromatic rings. The lowest BCUT2D eigenvalue weighted by Crippen LogP contribution is -2.39. The molecule has 9 heteroatoms. The molecule has 0 aliphatic heterocycles. The maximum atomic E-state index is 13.0. The highest BCUT2D eigenvalue weighted by atomic mass is 32.2. The van der Waals surface area contributed by atoms with Gasteiger partial charge in [0.15, 0.2) is 9.84 Å². The molecule has 1 aromatic heterocycles. The maximum Gasteiger partial charge on any atom is 0.224 e. The number of hydrogen-bond donors (Lipinski definition) is 2. The van der Waals surface area contributed by atoms with Crippen molar-refractivity contribution in [2.75, 3.05) is 12.3 Å². The molecule has 8 nitrogen and oxygen atoms in total. The fourth-order valence-corrected chi connectivity index (χ4v) is 5.90. The first-order valence-electron chi connectivity index (χ1n) is 11.1. The van der Waals surface area contributed by atoms with Gasteiger partial charge in [-0.15, -0.1) is 0 Å². The summed E-state index contributed by atoms with van der Waals surface area (Å²) >= 11 is 0. The van der Waals surface area contributed by atoms with Crippen LogP contribution in [0.3, 0.4) is 0 Å². The van der Waals surface area contributed by atoms with Crippen molar-refractivity contribution in [2.45, 2.75) is 50.0 Å². The summed E-state index contributed by atoms with van der Waals surface area (Å²) in [6.45, 7) is 0.261. The van der Waals surface area contributed by atoms with Gasteiger partial charge in [-0.3, -0.25) is 9.59 Å². The number of carbonyl (C=O) groups is 2. The highest BCUT2D eigenvalue weighted by Crippen LogP contribution is 2.32. The summed E-state index contributed by atoms with van der Waals surface area (Å²) in [4.78, 5) is 24.6. The van der Waals surface area contributed by atoms with Crippen molar-refractivity contribution in [2.24, 2.45) is 11.8 Å². The molecule has 0 bridgehead atoms. The van der Waals surface area contributed by atoms with Crippen LogP contribution in [0.2, 0.25) is 0 Å². The number of benzene rings is 1. The number of hydrogen-bond acceptors (Lipinski definition) is 6. The molecule has 1 fully saturated rings. The third-order valence-corrected chi connectivity index (χ3v) is 7.84. The SMILES string of the molecule is N#CCNC(=O)C1CCCCC1CS(=O)(=O)c1ccc(CCC(=O)NCc2ccco2)cc1. The van der Waals surface area contributed by atoms with Crippen LogP contribution >= 0.6 is 0 Å². The number of amides is 2. The van der Waals surface area contributed by atoms with E-state index in [4.69, 9.17) is 9.68 Å².